The fraction of sp³-hybridized carbons (Fsp3) is 0.200. The number of imide groups is 1. The minimum Gasteiger partial charge on any atom is -0.324 e. The number of hydrogen-bond donors (Lipinski definition) is 1. The van der Waals surface area contributed by atoms with Crippen molar-refractivity contribution in [1.82, 2.24) is 19.6 Å². The Hall–Kier alpha value is -4.08. The summed E-state index contributed by atoms with van der Waals surface area (Å²) in [5, 5.41) is 0.231. The van der Waals surface area contributed by atoms with E-state index in [1.807, 2.05) is 0 Å². The first-order valence-corrected chi connectivity index (χ1v) is 9.21. The van der Waals surface area contributed by atoms with Gasteiger partial charge in [0, 0.05) is 18.7 Å². The standard InChI is InChI=1S/C20H14N4O6/c1-23-15-14(16(25)22-20(23)29)12(8-13(21-15)9-6-7-9)19(28)30-24-17(26)10-4-2-3-5-11(10)18(24)27/h2-5,8-9H,6-7H2,1H3,(H,22,25,29). The van der Waals surface area contributed by atoms with Gasteiger partial charge in [0.1, 0.15) is 5.65 Å². The van der Waals surface area contributed by atoms with E-state index >= 15 is 0 Å². The molecule has 1 aliphatic heterocycles. The summed E-state index contributed by atoms with van der Waals surface area (Å²) < 4.78 is 1.13. The van der Waals surface area contributed by atoms with Gasteiger partial charge in [-0.2, -0.15) is 0 Å². The topological polar surface area (TPSA) is 131 Å². The molecule has 0 saturated heterocycles. The zero-order chi connectivity index (χ0) is 21.2. The smallest absolute Gasteiger partial charge is 0.324 e. The van der Waals surface area contributed by atoms with Crippen molar-refractivity contribution in [2.75, 3.05) is 0 Å². The van der Waals surface area contributed by atoms with E-state index in [0.29, 0.717) is 10.8 Å². The van der Waals surface area contributed by atoms with Gasteiger partial charge in [-0.3, -0.25) is 23.9 Å². The molecule has 1 aromatic carbocycles. The average molecular weight is 406 g/mol. The van der Waals surface area contributed by atoms with Crippen molar-refractivity contribution in [3.63, 3.8) is 0 Å². The third-order valence-corrected chi connectivity index (χ3v) is 5.24. The Morgan fingerprint density at radius 1 is 1.10 bits per heavy atom. The maximum Gasteiger partial charge on any atom is 0.364 e. The van der Waals surface area contributed by atoms with Crippen molar-refractivity contribution >= 4 is 28.8 Å². The van der Waals surface area contributed by atoms with Gasteiger partial charge >= 0.3 is 11.7 Å². The second-order valence-electron chi connectivity index (χ2n) is 7.21. The zero-order valence-electron chi connectivity index (χ0n) is 15.7. The molecule has 0 unspecified atom stereocenters. The van der Waals surface area contributed by atoms with Crippen molar-refractivity contribution in [2.45, 2.75) is 18.8 Å². The lowest BCUT2D eigenvalue weighted by Gasteiger charge is -2.14. The molecule has 10 heteroatoms. The zero-order valence-corrected chi connectivity index (χ0v) is 15.7. The van der Waals surface area contributed by atoms with E-state index in [9.17, 15) is 24.0 Å². The maximum atomic E-state index is 13.0. The van der Waals surface area contributed by atoms with Gasteiger partial charge in [-0.05, 0) is 31.0 Å². The molecule has 10 nitrogen and oxygen atoms in total. The molecule has 1 fully saturated rings. The van der Waals surface area contributed by atoms with Gasteiger partial charge in [-0.1, -0.05) is 17.2 Å². The number of amides is 2. The maximum absolute atomic E-state index is 13.0. The average Bonchev–Trinajstić information content (AvgIpc) is 3.56. The van der Waals surface area contributed by atoms with Crippen molar-refractivity contribution < 1.29 is 19.2 Å². The minimum absolute atomic E-state index is 0.0301. The molecule has 1 saturated carbocycles. The highest BCUT2D eigenvalue weighted by atomic mass is 16.7. The van der Waals surface area contributed by atoms with E-state index in [1.165, 1.54) is 25.2 Å². The van der Waals surface area contributed by atoms with Gasteiger partial charge in [0.05, 0.1) is 22.1 Å². The highest BCUT2D eigenvalue weighted by Crippen LogP contribution is 2.40. The number of fused-ring (bicyclic) bond motifs is 2. The number of pyridine rings is 1. The summed E-state index contributed by atoms with van der Waals surface area (Å²) in [6.45, 7) is 0. The number of carbonyl (C=O) groups is 3. The second-order valence-corrected chi connectivity index (χ2v) is 7.21. The SMILES string of the molecule is Cn1c(=O)[nH]c(=O)c2c(C(=O)ON3C(=O)c4ccccc4C3=O)cc(C3CC3)nc21. The summed E-state index contributed by atoms with van der Waals surface area (Å²) in [6.07, 6.45) is 1.73. The number of hydrogen-bond acceptors (Lipinski definition) is 7. The molecule has 5 rings (SSSR count). The number of H-pyrrole nitrogens is 1. The first kappa shape index (κ1) is 18.0. The second kappa shape index (κ2) is 6.21. The van der Waals surface area contributed by atoms with Crippen LogP contribution in [0.1, 0.15) is 55.5 Å². The number of nitrogens with zero attached hydrogens (tertiary/aromatic N) is 3. The predicted octanol–water partition coefficient (Wildman–Crippen LogP) is 0.867. The molecule has 3 aromatic rings. The summed E-state index contributed by atoms with van der Waals surface area (Å²) in [5.74, 6) is -2.50. The molecule has 0 bridgehead atoms. The highest BCUT2D eigenvalue weighted by Gasteiger charge is 2.39. The summed E-state index contributed by atoms with van der Waals surface area (Å²) >= 11 is 0. The number of aromatic amines is 1. The van der Waals surface area contributed by atoms with Gasteiger partial charge in [-0.15, -0.1) is 0 Å². The van der Waals surface area contributed by atoms with E-state index in [2.05, 4.69) is 9.97 Å². The van der Waals surface area contributed by atoms with Crippen LogP contribution in [0.3, 0.4) is 0 Å². The van der Waals surface area contributed by atoms with Gasteiger partial charge in [0.2, 0.25) is 0 Å². The number of nitrogens with one attached hydrogen (secondary N) is 1. The molecule has 30 heavy (non-hydrogen) atoms. The molecule has 1 N–H and O–H groups in total. The van der Waals surface area contributed by atoms with Crippen LogP contribution in [0.25, 0.3) is 11.0 Å². The van der Waals surface area contributed by atoms with E-state index in [-0.39, 0.29) is 33.6 Å². The molecular weight excluding hydrogens is 392 g/mol. The van der Waals surface area contributed by atoms with Crippen LogP contribution in [-0.2, 0) is 11.9 Å². The summed E-state index contributed by atoms with van der Waals surface area (Å²) in [6, 6.07) is 7.51. The van der Waals surface area contributed by atoms with E-state index in [0.717, 1.165) is 17.4 Å². The van der Waals surface area contributed by atoms with Gasteiger partial charge in [0.15, 0.2) is 0 Å². The monoisotopic (exact) mass is 406 g/mol. The number of carbonyl (C=O) groups excluding carboxylic acids is 3. The molecule has 1 aliphatic carbocycles. The quantitative estimate of drug-likeness (QED) is 0.638. The Labute approximate surface area is 167 Å². The van der Waals surface area contributed by atoms with Crippen LogP contribution in [0.4, 0.5) is 0 Å². The van der Waals surface area contributed by atoms with Gasteiger partial charge in [-0.25, -0.2) is 14.6 Å². The van der Waals surface area contributed by atoms with Crippen molar-refractivity contribution in [3.05, 3.63) is 73.6 Å². The first-order chi connectivity index (χ1) is 14.4. The Bertz CT molecular complexity index is 1360. The fourth-order valence-corrected chi connectivity index (χ4v) is 3.49. The largest absolute Gasteiger partial charge is 0.364 e. The summed E-state index contributed by atoms with van der Waals surface area (Å²) in [4.78, 5) is 74.0. The molecule has 0 radical (unpaired) electrons. The Morgan fingerprint density at radius 2 is 1.73 bits per heavy atom. The third kappa shape index (κ3) is 2.57. The molecule has 2 amide bonds. The molecule has 0 spiro atoms. The van der Waals surface area contributed by atoms with E-state index in [4.69, 9.17) is 4.84 Å². The number of aromatic nitrogens is 3. The van der Waals surface area contributed by atoms with E-state index < -0.39 is 29.0 Å². The molecule has 0 atom stereocenters. The molecule has 2 aromatic heterocycles. The molecule has 3 heterocycles. The van der Waals surface area contributed by atoms with Crippen LogP contribution in [0.5, 0.6) is 0 Å². The van der Waals surface area contributed by atoms with Crippen LogP contribution in [0, 0.1) is 0 Å². The van der Waals surface area contributed by atoms with Crippen LogP contribution in [0.2, 0.25) is 0 Å². The molecule has 150 valence electrons. The fourth-order valence-electron chi connectivity index (χ4n) is 3.49. The van der Waals surface area contributed by atoms with Crippen LogP contribution < -0.4 is 11.2 Å². The van der Waals surface area contributed by atoms with Crippen LogP contribution in [0.15, 0.2) is 39.9 Å². The molecular formula is C20H14N4O6. The van der Waals surface area contributed by atoms with Crippen LogP contribution in [-0.4, -0.2) is 37.4 Å². The Morgan fingerprint density at radius 3 is 2.33 bits per heavy atom. The number of rotatable bonds is 3. The van der Waals surface area contributed by atoms with Crippen molar-refractivity contribution in [1.29, 1.82) is 0 Å². The molecule has 2 aliphatic rings. The first-order valence-electron chi connectivity index (χ1n) is 9.21. The third-order valence-electron chi connectivity index (χ3n) is 5.24. The van der Waals surface area contributed by atoms with Crippen LogP contribution >= 0.6 is 0 Å². The Kier molecular flexibility index (Phi) is 3.72. The number of aryl methyl sites for hydroxylation is 1. The Balaban J connectivity index is 1.61. The van der Waals surface area contributed by atoms with Crippen molar-refractivity contribution in [3.8, 4) is 0 Å². The van der Waals surface area contributed by atoms with E-state index in [1.54, 1.807) is 12.1 Å². The van der Waals surface area contributed by atoms with Crippen molar-refractivity contribution in [2.24, 2.45) is 7.05 Å². The summed E-state index contributed by atoms with van der Waals surface area (Å²) in [5.41, 5.74) is -0.845. The highest BCUT2D eigenvalue weighted by molar-refractivity contribution is 6.21. The lowest BCUT2D eigenvalue weighted by Crippen LogP contribution is -2.34. The lowest BCUT2D eigenvalue weighted by molar-refractivity contribution is -0.0583. The van der Waals surface area contributed by atoms with Gasteiger partial charge < -0.3 is 4.84 Å². The minimum atomic E-state index is -1.07. The van der Waals surface area contributed by atoms with Gasteiger partial charge in [0.25, 0.3) is 17.4 Å². The lowest BCUT2D eigenvalue weighted by atomic mass is 10.1. The normalized spacial score (nSPS) is 15.6. The number of benzene rings is 1. The number of hydroxylamine groups is 2. The predicted molar refractivity (Wildman–Crippen MR) is 102 cm³/mol. The summed E-state index contributed by atoms with van der Waals surface area (Å²) in [7, 11) is 1.42.